The SMILES string of the molecule is Cc1nn(-c2ccc(Cl)c(Cl)c2)c(C)c1CC(=O)NC(C)(C)CN. The molecule has 1 amide bonds. The number of nitrogens with zero attached hydrogens (tertiary/aromatic N) is 2. The number of nitrogens with two attached hydrogens (primary N) is 1. The lowest BCUT2D eigenvalue weighted by atomic mass is 10.0. The first-order valence-corrected chi connectivity index (χ1v) is 8.42. The first-order valence-electron chi connectivity index (χ1n) is 7.66. The summed E-state index contributed by atoms with van der Waals surface area (Å²) in [5.41, 5.74) is 8.63. The molecule has 1 heterocycles. The summed E-state index contributed by atoms with van der Waals surface area (Å²) < 4.78 is 1.77. The number of carbonyl (C=O) groups is 1. The summed E-state index contributed by atoms with van der Waals surface area (Å²) in [6.07, 6.45) is 0.252. The molecule has 1 aromatic carbocycles. The second-order valence-electron chi connectivity index (χ2n) is 6.47. The standard InChI is InChI=1S/C17H22Cl2N4O/c1-10-13(8-16(24)21-17(3,4)9-20)11(2)23(22-10)12-5-6-14(18)15(19)7-12/h5-7H,8-9,20H2,1-4H3,(H,21,24). The quantitative estimate of drug-likeness (QED) is 0.850. The number of nitrogens with one attached hydrogen (secondary N) is 1. The summed E-state index contributed by atoms with van der Waals surface area (Å²) in [7, 11) is 0. The van der Waals surface area contributed by atoms with Crippen LogP contribution in [0.15, 0.2) is 18.2 Å². The molecule has 0 fully saturated rings. The zero-order chi connectivity index (χ0) is 18.1. The number of benzene rings is 1. The third kappa shape index (κ3) is 4.09. The van der Waals surface area contributed by atoms with E-state index in [9.17, 15) is 4.79 Å². The van der Waals surface area contributed by atoms with Crippen LogP contribution in [-0.4, -0.2) is 27.8 Å². The Morgan fingerprint density at radius 1 is 1.29 bits per heavy atom. The molecular formula is C17H22Cl2N4O. The molecule has 3 N–H and O–H groups in total. The second-order valence-corrected chi connectivity index (χ2v) is 7.29. The van der Waals surface area contributed by atoms with Gasteiger partial charge in [-0.25, -0.2) is 4.68 Å². The molecular weight excluding hydrogens is 347 g/mol. The van der Waals surface area contributed by atoms with E-state index >= 15 is 0 Å². The van der Waals surface area contributed by atoms with Gasteiger partial charge in [-0.1, -0.05) is 23.2 Å². The second kappa shape index (κ2) is 7.13. The number of aryl methyl sites for hydroxylation is 1. The number of rotatable bonds is 5. The summed E-state index contributed by atoms with van der Waals surface area (Å²) >= 11 is 12.1. The van der Waals surface area contributed by atoms with Gasteiger partial charge in [0.15, 0.2) is 0 Å². The number of hydrogen-bond acceptors (Lipinski definition) is 3. The van der Waals surface area contributed by atoms with Gasteiger partial charge in [0, 0.05) is 23.3 Å². The molecule has 7 heteroatoms. The van der Waals surface area contributed by atoms with Crippen LogP contribution >= 0.6 is 23.2 Å². The highest BCUT2D eigenvalue weighted by Gasteiger charge is 2.21. The van der Waals surface area contributed by atoms with Crippen LogP contribution in [0.2, 0.25) is 10.0 Å². The Balaban J connectivity index is 2.29. The van der Waals surface area contributed by atoms with Crippen molar-refractivity contribution in [2.24, 2.45) is 5.73 Å². The lowest BCUT2D eigenvalue weighted by molar-refractivity contribution is -0.121. The largest absolute Gasteiger partial charge is 0.350 e. The van der Waals surface area contributed by atoms with Crippen LogP contribution in [0.4, 0.5) is 0 Å². The number of hydrogen-bond donors (Lipinski definition) is 2. The molecule has 0 aliphatic carbocycles. The predicted octanol–water partition coefficient (Wildman–Crippen LogP) is 3.19. The highest BCUT2D eigenvalue weighted by atomic mass is 35.5. The van der Waals surface area contributed by atoms with Gasteiger partial charge in [-0.05, 0) is 45.9 Å². The Hall–Kier alpha value is -1.56. The molecule has 130 valence electrons. The number of carbonyl (C=O) groups excluding carboxylic acids is 1. The van der Waals surface area contributed by atoms with Gasteiger partial charge in [-0.3, -0.25) is 4.79 Å². The van der Waals surface area contributed by atoms with Gasteiger partial charge in [-0.2, -0.15) is 5.10 Å². The lowest BCUT2D eigenvalue weighted by Crippen LogP contribution is -2.49. The number of aromatic nitrogens is 2. The molecule has 0 spiro atoms. The van der Waals surface area contributed by atoms with Crippen LogP contribution in [0.3, 0.4) is 0 Å². The fourth-order valence-electron chi connectivity index (χ4n) is 2.43. The van der Waals surface area contributed by atoms with Gasteiger partial charge in [-0.15, -0.1) is 0 Å². The molecule has 5 nitrogen and oxygen atoms in total. The molecule has 0 saturated heterocycles. The molecule has 0 unspecified atom stereocenters. The van der Waals surface area contributed by atoms with Crippen molar-refractivity contribution >= 4 is 29.1 Å². The van der Waals surface area contributed by atoms with Crippen molar-refractivity contribution in [3.05, 3.63) is 45.2 Å². The minimum Gasteiger partial charge on any atom is -0.350 e. The molecule has 0 bridgehead atoms. The predicted molar refractivity (Wildman–Crippen MR) is 98.0 cm³/mol. The molecule has 0 atom stereocenters. The first-order chi connectivity index (χ1) is 11.1. The summed E-state index contributed by atoms with van der Waals surface area (Å²) in [5.74, 6) is -0.0784. The van der Waals surface area contributed by atoms with Gasteiger partial charge in [0.1, 0.15) is 0 Å². The van der Waals surface area contributed by atoms with Crippen LogP contribution in [0.5, 0.6) is 0 Å². The van der Waals surface area contributed by atoms with Gasteiger partial charge in [0.2, 0.25) is 5.91 Å². The summed E-state index contributed by atoms with van der Waals surface area (Å²) in [6, 6.07) is 5.32. The zero-order valence-corrected chi connectivity index (χ0v) is 15.8. The monoisotopic (exact) mass is 368 g/mol. The smallest absolute Gasteiger partial charge is 0.225 e. The maximum absolute atomic E-state index is 12.3. The molecule has 0 radical (unpaired) electrons. The highest BCUT2D eigenvalue weighted by molar-refractivity contribution is 6.42. The molecule has 2 rings (SSSR count). The fraction of sp³-hybridized carbons (Fsp3) is 0.412. The average molecular weight is 369 g/mol. The highest BCUT2D eigenvalue weighted by Crippen LogP contribution is 2.26. The third-order valence-electron chi connectivity index (χ3n) is 3.91. The van der Waals surface area contributed by atoms with Crippen molar-refractivity contribution in [2.75, 3.05) is 6.54 Å². The van der Waals surface area contributed by atoms with E-state index in [1.165, 1.54) is 0 Å². The average Bonchev–Trinajstić information content (AvgIpc) is 2.77. The van der Waals surface area contributed by atoms with Crippen molar-refractivity contribution < 1.29 is 4.79 Å². The van der Waals surface area contributed by atoms with E-state index in [0.717, 1.165) is 22.6 Å². The molecule has 0 aliphatic rings. The van der Waals surface area contributed by atoms with Crippen LogP contribution in [-0.2, 0) is 11.2 Å². The number of amides is 1. The van der Waals surface area contributed by atoms with Crippen molar-refractivity contribution in [1.29, 1.82) is 0 Å². The first kappa shape index (κ1) is 18.8. The topological polar surface area (TPSA) is 72.9 Å². The van der Waals surface area contributed by atoms with Crippen molar-refractivity contribution in [2.45, 2.75) is 39.7 Å². The van der Waals surface area contributed by atoms with E-state index in [1.807, 2.05) is 33.8 Å². The van der Waals surface area contributed by atoms with Gasteiger partial charge < -0.3 is 11.1 Å². The van der Waals surface area contributed by atoms with Gasteiger partial charge >= 0.3 is 0 Å². The fourth-order valence-corrected chi connectivity index (χ4v) is 2.72. The molecule has 24 heavy (non-hydrogen) atoms. The van der Waals surface area contributed by atoms with E-state index in [0.29, 0.717) is 16.6 Å². The van der Waals surface area contributed by atoms with Crippen molar-refractivity contribution in [3.8, 4) is 5.69 Å². The van der Waals surface area contributed by atoms with Gasteiger partial charge in [0.25, 0.3) is 0 Å². The van der Waals surface area contributed by atoms with E-state index in [-0.39, 0.29) is 12.3 Å². The zero-order valence-electron chi connectivity index (χ0n) is 14.3. The normalized spacial score (nSPS) is 11.6. The lowest BCUT2D eigenvalue weighted by Gasteiger charge is -2.24. The maximum atomic E-state index is 12.3. The van der Waals surface area contributed by atoms with E-state index in [1.54, 1.807) is 16.8 Å². The van der Waals surface area contributed by atoms with E-state index in [4.69, 9.17) is 28.9 Å². The van der Waals surface area contributed by atoms with Crippen molar-refractivity contribution in [3.63, 3.8) is 0 Å². The Bertz CT molecular complexity index is 768. The minimum absolute atomic E-state index is 0.0784. The van der Waals surface area contributed by atoms with Gasteiger partial charge in [0.05, 0.1) is 27.8 Å². The van der Waals surface area contributed by atoms with Crippen LogP contribution in [0.1, 0.15) is 30.8 Å². The Kier molecular flexibility index (Phi) is 5.58. The maximum Gasteiger partial charge on any atom is 0.225 e. The Morgan fingerprint density at radius 2 is 1.96 bits per heavy atom. The summed E-state index contributed by atoms with van der Waals surface area (Å²) in [4.78, 5) is 12.3. The van der Waals surface area contributed by atoms with E-state index < -0.39 is 5.54 Å². The molecule has 0 aliphatic heterocycles. The van der Waals surface area contributed by atoms with Crippen LogP contribution in [0.25, 0.3) is 5.69 Å². The van der Waals surface area contributed by atoms with Crippen molar-refractivity contribution in [1.82, 2.24) is 15.1 Å². The minimum atomic E-state index is -0.432. The summed E-state index contributed by atoms with van der Waals surface area (Å²) in [5, 5.41) is 8.42. The van der Waals surface area contributed by atoms with Crippen LogP contribution in [0, 0.1) is 13.8 Å². The molecule has 1 aromatic heterocycles. The Morgan fingerprint density at radius 3 is 2.54 bits per heavy atom. The molecule has 0 saturated carbocycles. The molecule has 2 aromatic rings. The Labute approximate surface area is 152 Å². The summed E-state index contributed by atoms with van der Waals surface area (Å²) in [6.45, 7) is 7.98. The van der Waals surface area contributed by atoms with E-state index in [2.05, 4.69) is 10.4 Å². The number of halogens is 2. The van der Waals surface area contributed by atoms with Crippen LogP contribution < -0.4 is 11.1 Å². The third-order valence-corrected chi connectivity index (χ3v) is 4.65.